The van der Waals surface area contributed by atoms with Gasteiger partial charge < -0.3 is 14.2 Å². The average molecular weight is 511 g/mol. The van der Waals surface area contributed by atoms with Crippen LogP contribution in [0.2, 0.25) is 0 Å². The summed E-state index contributed by atoms with van der Waals surface area (Å²) in [7, 11) is 0. The number of halogens is 3. The van der Waals surface area contributed by atoms with Crippen LogP contribution in [0.4, 0.5) is 13.2 Å². The minimum absolute atomic E-state index is 0.0461. The van der Waals surface area contributed by atoms with Crippen LogP contribution in [0.3, 0.4) is 0 Å². The normalized spacial score (nSPS) is 17.4. The maximum absolute atomic E-state index is 15.1. The summed E-state index contributed by atoms with van der Waals surface area (Å²) >= 11 is 0. The Hall–Kier alpha value is -3.25. The third kappa shape index (κ3) is 6.75. The number of hydrogen-bond acceptors (Lipinski definition) is 3. The first kappa shape index (κ1) is 26.8. The number of ether oxygens (including phenoxy) is 3. The van der Waals surface area contributed by atoms with Gasteiger partial charge in [0, 0.05) is 17.2 Å². The van der Waals surface area contributed by atoms with Gasteiger partial charge in [-0.05, 0) is 74.3 Å². The number of hydrogen-bond donors (Lipinski definition) is 0. The average Bonchev–Trinajstić information content (AvgIpc) is 2.91. The zero-order chi connectivity index (χ0) is 26.2. The van der Waals surface area contributed by atoms with Crippen molar-refractivity contribution in [2.45, 2.75) is 57.7 Å². The zero-order valence-electron chi connectivity index (χ0n) is 21.2. The highest BCUT2D eigenvalue weighted by molar-refractivity contribution is 5.65. The van der Waals surface area contributed by atoms with E-state index in [-0.39, 0.29) is 30.0 Å². The van der Waals surface area contributed by atoms with Gasteiger partial charge in [-0.25, -0.2) is 13.2 Å². The van der Waals surface area contributed by atoms with Crippen molar-refractivity contribution in [1.82, 2.24) is 0 Å². The molecular weight excluding hydrogens is 477 g/mol. The molecule has 0 saturated heterocycles. The minimum atomic E-state index is -0.826. The molecule has 196 valence electrons. The van der Waals surface area contributed by atoms with Crippen molar-refractivity contribution in [2.75, 3.05) is 13.2 Å². The van der Waals surface area contributed by atoms with Gasteiger partial charge in [-0.3, -0.25) is 0 Å². The second-order valence-electron chi connectivity index (χ2n) is 9.25. The molecule has 3 nitrogen and oxygen atoms in total. The van der Waals surface area contributed by atoms with E-state index in [1.165, 1.54) is 6.07 Å². The molecule has 4 rings (SSSR count). The van der Waals surface area contributed by atoms with Crippen molar-refractivity contribution in [2.24, 2.45) is 0 Å². The molecule has 0 radical (unpaired) electrons. The van der Waals surface area contributed by atoms with Crippen molar-refractivity contribution >= 4 is 0 Å². The van der Waals surface area contributed by atoms with E-state index >= 15 is 8.78 Å². The van der Waals surface area contributed by atoms with E-state index in [4.69, 9.17) is 14.2 Å². The van der Waals surface area contributed by atoms with Crippen LogP contribution in [0, 0.1) is 17.5 Å². The van der Waals surface area contributed by atoms with E-state index in [0.717, 1.165) is 0 Å². The van der Waals surface area contributed by atoms with Gasteiger partial charge in [0.2, 0.25) is 0 Å². The second-order valence-corrected chi connectivity index (χ2v) is 9.25. The topological polar surface area (TPSA) is 27.7 Å². The first-order valence-electron chi connectivity index (χ1n) is 12.8. The third-order valence-electron chi connectivity index (χ3n) is 6.79. The maximum atomic E-state index is 15.1. The predicted molar refractivity (Wildman–Crippen MR) is 139 cm³/mol. The monoisotopic (exact) mass is 510 g/mol. The Balaban J connectivity index is 1.32. The summed E-state index contributed by atoms with van der Waals surface area (Å²) in [5.41, 5.74) is 1.72. The molecule has 37 heavy (non-hydrogen) atoms. The molecule has 3 aromatic rings. The van der Waals surface area contributed by atoms with Gasteiger partial charge in [-0.15, -0.1) is 6.58 Å². The van der Waals surface area contributed by atoms with Crippen LogP contribution in [-0.2, 0) is 11.3 Å². The Morgan fingerprint density at radius 3 is 2.27 bits per heavy atom. The van der Waals surface area contributed by atoms with Gasteiger partial charge in [0.25, 0.3) is 0 Å². The van der Waals surface area contributed by atoms with Crippen LogP contribution in [0.5, 0.6) is 11.5 Å². The standard InChI is InChI=1S/C31H33F3O3/c1-3-5-18-36-26-15-10-23(29(32)19-26)20-37-25-13-8-22(9-14-25)28-17-16-27(30(33)31(28)34)21-6-11-24(12-7-21)35-4-2/h3,6-7,10-12,15-17,19,22,25H,1,4-5,8-9,13-14,18,20H2,2H3. The van der Waals surface area contributed by atoms with Crippen LogP contribution >= 0.6 is 0 Å². The molecule has 0 unspecified atom stereocenters. The van der Waals surface area contributed by atoms with E-state index < -0.39 is 11.6 Å². The fourth-order valence-corrected chi connectivity index (χ4v) is 4.74. The maximum Gasteiger partial charge on any atom is 0.166 e. The van der Waals surface area contributed by atoms with Crippen LogP contribution < -0.4 is 9.47 Å². The van der Waals surface area contributed by atoms with Gasteiger partial charge in [0.1, 0.15) is 17.3 Å². The molecule has 0 N–H and O–H groups in total. The Kier molecular flexibility index (Phi) is 9.29. The molecule has 1 aliphatic carbocycles. The quantitative estimate of drug-likeness (QED) is 0.192. The summed E-state index contributed by atoms with van der Waals surface area (Å²) in [4.78, 5) is 0. The van der Waals surface area contributed by atoms with Crippen molar-refractivity contribution in [3.05, 3.63) is 95.8 Å². The fraction of sp³-hybridized carbons (Fsp3) is 0.355. The molecule has 6 heteroatoms. The second kappa shape index (κ2) is 12.8. The summed E-state index contributed by atoms with van der Waals surface area (Å²) in [5, 5.41) is 0. The largest absolute Gasteiger partial charge is 0.494 e. The van der Waals surface area contributed by atoms with Crippen LogP contribution in [0.25, 0.3) is 11.1 Å². The lowest BCUT2D eigenvalue weighted by molar-refractivity contribution is 0.0118. The van der Waals surface area contributed by atoms with Gasteiger partial charge in [0.15, 0.2) is 11.6 Å². The molecule has 0 bridgehead atoms. The first-order chi connectivity index (χ1) is 18.0. The van der Waals surface area contributed by atoms with Crippen LogP contribution in [0.15, 0.2) is 67.3 Å². The summed E-state index contributed by atoms with van der Waals surface area (Å²) in [6, 6.07) is 15.1. The Morgan fingerprint density at radius 2 is 1.59 bits per heavy atom. The van der Waals surface area contributed by atoms with Crippen LogP contribution in [-0.4, -0.2) is 19.3 Å². The molecule has 0 atom stereocenters. The predicted octanol–water partition coefficient (Wildman–Crippen LogP) is 8.37. The number of benzene rings is 3. The van der Waals surface area contributed by atoms with Gasteiger partial charge in [-0.2, -0.15) is 0 Å². The lowest BCUT2D eigenvalue weighted by atomic mass is 9.82. The molecule has 0 heterocycles. The van der Waals surface area contributed by atoms with Gasteiger partial charge >= 0.3 is 0 Å². The van der Waals surface area contributed by atoms with Crippen molar-refractivity contribution in [3.63, 3.8) is 0 Å². The van der Waals surface area contributed by atoms with E-state index in [1.54, 1.807) is 54.6 Å². The summed E-state index contributed by atoms with van der Waals surface area (Å²) in [6.45, 7) is 6.68. The zero-order valence-corrected chi connectivity index (χ0v) is 21.2. The molecular formula is C31H33F3O3. The van der Waals surface area contributed by atoms with Gasteiger partial charge in [0.05, 0.1) is 25.9 Å². The lowest BCUT2D eigenvalue weighted by Crippen LogP contribution is -2.21. The summed E-state index contributed by atoms with van der Waals surface area (Å²) in [5.74, 6) is -0.884. The molecule has 1 aliphatic rings. The SMILES string of the molecule is C=CCCOc1ccc(COC2CCC(c3ccc(-c4ccc(OCC)cc4)c(F)c3F)CC2)c(F)c1. The summed E-state index contributed by atoms with van der Waals surface area (Å²) < 4.78 is 61.4. The van der Waals surface area contributed by atoms with Crippen molar-refractivity contribution in [3.8, 4) is 22.6 Å². The van der Waals surface area contributed by atoms with E-state index in [1.807, 2.05) is 6.92 Å². The van der Waals surface area contributed by atoms with Crippen LogP contribution in [0.1, 0.15) is 56.1 Å². The van der Waals surface area contributed by atoms with E-state index in [0.29, 0.717) is 73.5 Å². The highest BCUT2D eigenvalue weighted by Gasteiger charge is 2.27. The minimum Gasteiger partial charge on any atom is -0.494 e. The highest BCUT2D eigenvalue weighted by Crippen LogP contribution is 2.38. The molecule has 1 saturated carbocycles. The van der Waals surface area contributed by atoms with Crippen molar-refractivity contribution in [1.29, 1.82) is 0 Å². The molecule has 0 amide bonds. The van der Waals surface area contributed by atoms with E-state index in [2.05, 4.69) is 6.58 Å². The molecule has 3 aromatic carbocycles. The van der Waals surface area contributed by atoms with Gasteiger partial charge in [-0.1, -0.05) is 36.4 Å². The Labute approximate surface area is 216 Å². The smallest absolute Gasteiger partial charge is 0.166 e. The molecule has 0 spiro atoms. The fourth-order valence-electron chi connectivity index (χ4n) is 4.74. The lowest BCUT2D eigenvalue weighted by Gasteiger charge is -2.29. The third-order valence-corrected chi connectivity index (χ3v) is 6.79. The Bertz CT molecular complexity index is 1190. The molecule has 0 aliphatic heterocycles. The van der Waals surface area contributed by atoms with E-state index in [9.17, 15) is 4.39 Å². The first-order valence-corrected chi connectivity index (χ1v) is 12.8. The Morgan fingerprint density at radius 1 is 0.865 bits per heavy atom. The molecule has 0 aromatic heterocycles. The molecule has 1 fully saturated rings. The summed E-state index contributed by atoms with van der Waals surface area (Å²) in [6.07, 6.45) is 5.17. The highest BCUT2D eigenvalue weighted by atomic mass is 19.2. The van der Waals surface area contributed by atoms with Crippen molar-refractivity contribution < 1.29 is 27.4 Å². The number of rotatable bonds is 11.